The molecule has 0 radical (unpaired) electrons. The van der Waals surface area contributed by atoms with Gasteiger partial charge in [0.25, 0.3) is 0 Å². The molecule has 1 atom stereocenters. The van der Waals surface area contributed by atoms with Crippen LogP contribution in [-0.4, -0.2) is 37.1 Å². The number of carboxylic acid groups (broad SMARTS) is 1. The number of H-pyrrole nitrogens is 2. The van der Waals surface area contributed by atoms with Crippen molar-refractivity contribution >= 4 is 5.97 Å². The number of imidazole rings is 2. The molecule has 86 valence electrons. The molecule has 0 spiro atoms. The minimum absolute atomic E-state index is 0.238. The number of nitrogens with one attached hydrogen (secondary N) is 2. The fourth-order valence-electron chi connectivity index (χ4n) is 0.920. The normalized spacial score (nSPS) is 11.3. The second-order valence-corrected chi connectivity index (χ2v) is 2.95. The van der Waals surface area contributed by atoms with Gasteiger partial charge >= 0.3 is 5.97 Å². The van der Waals surface area contributed by atoms with Crippen molar-refractivity contribution < 1.29 is 9.90 Å². The first-order valence-corrected chi connectivity index (χ1v) is 4.59. The quantitative estimate of drug-likeness (QED) is 0.573. The Morgan fingerprint density at radius 2 is 2.31 bits per heavy atom. The van der Waals surface area contributed by atoms with Gasteiger partial charge in [0.1, 0.15) is 11.9 Å². The van der Waals surface area contributed by atoms with Crippen LogP contribution in [0.3, 0.4) is 0 Å². The van der Waals surface area contributed by atoms with Crippen LogP contribution >= 0.6 is 0 Å². The molecule has 7 nitrogen and oxygen atoms in total. The maximum atomic E-state index is 10.3. The van der Waals surface area contributed by atoms with E-state index in [0.717, 1.165) is 0 Å². The summed E-state index contributed by atoms with van der Waals surface area (Å²) in [7, 11) is 0. The molecule has 2 heterocycles. The Balaban J connectivity index is 0.000000212. The Hall–Kier alpha value is -2.15. The van der Waals surface area contributed by atoms with Gasteiger partial charge in [0.2, 0.25) is 0 Å². The van der Waals surface area contributed by atoms with Crippen LogP contribution in [0.4, 0.5) is 0 Å². The Morgan fingerprint density at radius 1 is 1.50 bits per heavy atom. The number of carbonyl (C=O) groups is 1. The third-order valence-corrected chi connectivity index (χ3v) is 1.69. The molecule has 0 saturated carbocycles. The summed E-state index contributed by atoms with van der Waals surface area (Å²) in [5, 5.41) is 8.41. The van der Waals surface area contributed by atoms with Crippen molar-refractivity contribution in [1.29, 1.82) is 0 Å². The van der Waals surface area contributed by atoms with Crippen LogP contribution in [0, 0.1) is 0 Å². The lowest BCUT2D eigenvalue weighted by atomic mass is 10.2. The van der Waals surface area contributed by atoms with E-state index in [4.69, 9.17) is 10.8 Å². The van der Waals surface area contributed by atoms with Gasteiger partial charge in [-0.25, -0.2) is 9.97 Å². The van der Waals surface area contributed by atoms with Crippen LogP contribution in [-0.2, 0) is 11.2 Å². The van der Waals surface area contributed by atoms with Gasteiger partial charge in [-0.3, -0.25) is 4.79 Å². The summed E-state index contributed by atoms with van der Waals surface area (Å²) in [6.45, 7) is 0. The van der Waals surface area contributed by atoms with Crippen LogP contribution in [0.25, 0.3) is 0 Å². The van der Waals surface area contributed by atoms with Crippen LogP contribution in [0.5, 0.6) is 0 Å². The van der Waals surface area contributed by atoms with Crippen molar-refractivity contribution in [3.63, 3.8) is 0 Å². The van der Waals surface area contributed by atoms with Crippen LogP contribution < -0.4 is 5.73 Å². The lowest BCUT2D eigenvalue weighted by Crippen LogP contribution is -2.32. The fraction of sp³-hybridized carbons (Fsp3) is 0.222. The van der Waals surface area contributed by atoms with Crippen molar-refractivity contribution in [2.24, 2.45) is 5.73 Å². The second-order valence-electron chi connectivity index (χ2n) is 2.95. The molecule has 0 aliphatic rings. The predicted octanol–water partition coefficient (Wildman–Crippen LogP) is -0.226. The molecule has 2 aromatic rings. The first kappa shape index (κ1) is 11.9. The summed E-state index contributed by atoms with van der Waals surface area (Å²) in [5.41, 5.74) is 5.25. The summed E-state index contributed by atoms with van der Waals surface area (Å²) in [6, 6.07) is -0.874. The van der Waals surface area contributed by atoms with Crippen molar-refractivity contribution in [3.8, 4) is 0 Å². The van der Waals surface area contributed by atoms with E-state index in [2.05, 4.69) is 19.9 Å². The van der Waals surface area contributed by atoms with E-state index in [0.29, 0.717) is 5.82 Å². The van der Waals surface area contributed by atoms with Gasteiger partial charge < -0.3 is 20.8 Å². The van der Waals surface area contributed by atoms with Crippen LogP contribution in [0.15, 0.2) is 31.1 Å². The van der Waals surface area contributed by atoms with Crippen LogP contribution in [0.1, 0.15) is 5.82 Å². The number of aliphatic carboxylic acids is 1. The van der Waals surface area contributed by atoms with E-state index in [1.165, 1.54) is 0 Å². The maximum Gasteiger partial charge on any atom is 0.320 e. The third-order valence-electron chi connectivity index (χ3n) is 1.69. The Kier molecular flexibility index (Phi) is 4.74. The highest BCUT2D eigenvalue weighted by molar-refractivity contribution is 5.73. The van der Waals surface area contributed by atoms with Crippen LogP contribution in [0.2, 0.25) is 0 Å². The van der Waals surface area contributed by atoms with E-state index in [1.807, 2.05) is 0 Å². The molecule has 16 heavy (non-hydrogen) atoms. The standard InChI is InChI=1S/C6H9N3O2.C3H4N2/c7-4(6(10)11)3-5-8-1-2-9-5;1-2-5-3-4-1/h1-2,4H,3,7H2,(H,8,9)(H,10,11);1-3H,(H,4,5). The van der Waals surface area contributed by atoms with E-state index in [-0.39, 0.29) is 6.42 Å². The van der Waals surface area contributed by atoms with Crippen molar-refractivity contribution in [2.75, 3.05) is 0 Å². The number of hydrogen-bond donors (Lipinski definition) is 4. The number of nitrogens with zero attached hydrogens (tertiary/aromatic N) is 2. The second kappa shape index (κ2) is 6.36. The van der Waals surface area contributed by atoms with Crippen molar-refractivity contribution in [3.05, 3.63) is 36.9 Å². The van der Waals surface area contributed by atoms with Gasteiger partial charge in [0.15, 0.2) is 0 Å². The Morgan fingerprint density at radius 3 is 2.69 bits per heavy atom. The molecule has 2 rings (SSSR count). The summed E-state index contributed by atoms with van der Waals surface area (Å²) >= 11 is 0. The zero-order chi connectivity index (χ0) is 11.8. The first-order chi connectivity index (χ1) is 7.70. The summed E-state index contributed by atoms with van der Waals surface area (Å²) < 4.78 is 0. The van der Waals surface area contributed by atoms with E-state index < -0.39 is 12.0 Å². The number of aromatic nitrogens is 4. The summed E-state index contributed by atoms with van der Waals surface area (Å²) in [5.74, 6) is -0.415. The maximum absolute atomic E-state index is 10.3. The highest BCUT2D eigenvalue weighted by atomic mass is 16.4. The zero-order valence-electron chi connectivity index (χ0n) is 8.50. The smallest absolute Gasteiger partial charge is 0.320 e. The minimum atomic E-state index is -1.01. The lowest BCUT2D eigenvalue weighted by Gasteiger charge is -2.01. The zero-order valence-corrected chi connectivity index (χ0v) is 8.50. The summed E-state index contributed by atoms with van der Waals surface area (Å²) in [6.07, 6.45) is 8.51. The largest absolute Gasteiger partial charge is 0.480 e. The summed E-state index contributed by atoms with van der Waals surface area (Å²) in [4.78, 5) is 23.3. The highest BCUT2D eigenvalue weighted by Crippen LogP contribution is 1.93. The molecule has 0 aromatic carbocycles. The van der Waals surface area contributed by atoms with Crippen molar-refractivity contribution in [2.45, 2.75) is 12.5 Å². The van der Waals surface area contributed by atoms with E-state index in [9.17, 15) is 4.79 Å². The molecule has 0 fully saturated rings. The van der Waals surface area contributed by atoms with Gasteiger partial charge in [0, 0.05) is 31.2 Å². The van der Waals surface area contributed by atoms with Gasteiger partial charge in [-0.05, 0) is 0 Å². The molecule has 0 amide bonds. The predicted molar refractivity (Wildman–Crippen MR) is 56.5 cm³/mol. The average Bonchev–Trinajstić information content (AvgIpc) is 2.92. The third kappa shape index (κ3) is 4.38. The van der Waals surface area contributed by atoms with Gasteiger partial charge in [0.05, 0.1) is 6.33 Å². The molecule has 0 aliphatic carbocycles. The van der Waals surface area contributed by atoms with Gasteiger partial charge in [-0.15, -0.1) is 0 Å². The monoisotopic (exact) mass is 223 g/mol. The average molecular weight is 223 g/mol. The fourth-order valence-corrected chi connectivity index (χ4v) is 0.920. The van der Waals surface area contributed by atoms with Crippen molar-refractivity contribution in [1.82, 2.24) is 19.9 Å². The molecular formula is C9H13N5O2. The molecule has 1 unspecified atom stereocenters. The molecule has 7 heteroatoms. The first-order valence-electron chi connectivity index (χ1n) is 4.59. The minimum Gasteiger partial charge on any atom is -0.480 e. The molecule has 5 N–H and O–H groups in total. The number of carboxylic acids is 1. The number of hydrogen-bond acceptors (Lipinski definition) is 4. The molecule has 0 aliphatic heterocycles. The van der Waals surface area contributed by atoms with E-state index >= 15 is 0 Å². The van der Waals surface area contributed by atoms with E-state index in [1.54, 1.807) is 31.1 Å². The molecular weight excluding hydrogens is 210 g/mol. The molecule has 0 bridgehead atoms. The highest BCUT2D eigenvalue weighted by Gasteiger charge is 2.12. The SMILES string of the molecule is NC(Cc1ncc[nH]1)C(=O)O.c1c[nH]cn1. The Bertz CT molecular complexity index is 367. The lowest BCUT2D eigenvalue weighted by molar-refractivity contribution is -0.138. The number of aromatic amines is 2. The molecule has 0 saturated heterocycles. The Labute approximate surface area is 91.7 Å². The van der Waals surface area contributed by atoms with Gasteiger partial charge in [-0.1, -0.05) is 0 Å². The number of nitrogens with two attached hydrogens (primary N) is 1. The van der Waals surface area contributed by atoms with Gasteiger partial charge in [-0.2, -0.15) is 0 Å². The number of rotatable bonds is 3. The topological polar surface area (TPSA) is 121 Å². The molecule has 2 aromatic heterocycles.